The molecule has 29 heavy (non-hydrogen) atoms. The van der Waals surface area contributed by atoms with Crippen LogP contribution in [0.4, 0.5) is 5.13 Å². The fourth-order valence-corrected chi connectivity index (χ4v) is 5.09. The lowest BCUT2D eigenvalue weighted by Crippen LogP contribution is -2.43. The van der Waals surface area contributed by atoms with Gasteiger partial charge in [0.15, 0.2) is 0 Å². The first-order valence-corrected chi connectivity index (χ1v) is 10.9. The monoisotopic (exact) mass is 412 g/mol. The average molecular weight is 413 g/mol. The molecule has 1 saturated carbocycles. The molecule has 0 bridgehead atoms. The van der Waals surface area contributed by atoms with E-state index in [2.05, 4.69) is 10.2 Å². The van der Waals surface area contributed by atoms with Crippen molar-refractivity contribution in [3.8, 4) is 10.6 Å². The van der Waals surface area contributed by atoms with Gasteiger partial charge < -0.3 is 0 Å². The molecule has 1 aromatic heterocycles. The summed E-state index contributed by atoms with van der Waals surface area (Å²) in [6.07, 6.45) is 3.42. The topological polar surface area (TPSA) is 83.5 Å². The zero-order valence-corrected chi connectivity index (χ0v) is 17.4. The molecule has 2 aromatic rings. The number of nitrogens with zero attached hydrogens (tertiary/aromatic N) is 4. The molecule has 0 unspecified atom stereocenters. The van der Waals surface area contributed by atoms with Gasteiger partial charge in [-0.15, -0.1) is 10.2 Å². The Morgan fingerprint density at radius 2 is 1.72 bits per heavy atom. The number of likely N-dealkylation sites (N-methyl/N-ethyl adjacent to an activating group) is 1. The number of aromatic nitrogens is 2. The van der Waals surface area contributed by atoms with Crippen LogP contribution in [-0.2, 0) is 14.4 Å². The van der Waals surface area contributed by atoms with Crippen molar-refractivity contribution >= 4 is 34.2 Å². The molecule has 0 radical (unpaired) electrons. The summed E-state index contributed by atoms with van der Waals surface area (Å²) in [7, 11) is 0. The molecule has 8 heteroatoms. The predicted octanol–water partition coefficient (Wildman–Crippen LogP) is 3.04. The molecule has 2 fully saturated rings. The van der Waals surface area contributed by atoms with Gasteiger partial charge in [-0.25, -0.2) is 0 Å². The second-order valence-corrected chi connectivity index (χ2v) is 8.61. The van der Waals surface area contributed by atoms with Crippen molar-refractivity contribution in [2.75, 3.05) is 18.0 Å². The lowest BCUT2D eigenvalue weighted by Gasteiger charge is -2.21. The Kier molecular flexibility index (Phi) is 5.45. The zero-order chi connectivity index (χ0) is 20.5. The van der Waals surface area contributed by atoms with Crippen molar-refractivity contribution in [1.82, 2.24) is 15.1 Å². The molecule has 2 aliphatic rings. The third-order valence-electron chi connectivity index (χ3n) is 5.79. The van der Waals surface area contributed by atoms with Crippen LogP contribution < -0.4 is 4.90 Å². The first-order chi connectivity index (χ1) is 14.0. The van der Waals surface area contributed by atoms with Crippen molar-refractivity contribution in [2.45, 2.75) is 39.5 Å². The lowest BCUT2D eigenvalue weighted by molar-refractivity contribution is -0.143. The Balaban J connectivity index is 1.49. The quantitative estimate of drug-likeness (QED) is 0.705. The molecule has 0 N–H and O–H groups in total. The van der Waals surface area contributed by atoms with Crippen molar-refractivity contribution in [1.29, 1.82) is 0 Å². The molecule has 3 amide bonds. The van der Waals surface area contributed by atoms with Crippen molar-refractivity contribution < 1.29 is 14.4 Å². The summed E-state index contributed by atoms with van der Waals surface area (Å²) in [5.74, 6) is -1.18. The van der Waals surface area contributed by atoms with Gasteiger partial charge in [0.1, 0.15) is 11.6 Å². The van der Waals surface area contributed by atoms with E-state index in [4.69, 9.17) is 0 Å². The number of hydrogen-bond donors (Lipinski definition) is 0. The normalized spacial score (nSPS) is 21.4. The molecule has 1 aliphatic carbocycles. The lowest BCUT2D eigenvalue weighted by atomic mass is 9.81. The second kappa shape index (κ2) is 8.02. The van der Waals surface area contributed by atoms with Gasteiger partial charge in [0.25, 0.3) is 0 Å². The van der Waals surface area contributed by atoms with E-state index in [1.165, 1.54) is 16.2 Å². The van der Waals surface area contributed by atoms with Gasteiger partial charge in [0.05, 0.1) is 11.8 Å². The maximum Gasteiger partial charge on any atom is 0.248 e. The Morgan fingerprint density at radius 3 is 2.31 bits per heavy atom. The second-order valence-electron chi connectivity index (χ2n) is 7.65. The summed E-state index contributed by atoms with van der Waals surface area (Å²) in [6, 6.07) is 7.95. The number of rotatable bonds is 5. The minimum atomic E-state index is -0.306. The summed E-state index contributed by atoms with van der Waals surface area (Å²) in [5, 5.41) is 9.60. The third-order valence-corrected chi connectivity index (χ3v) is 6.78. The highest BCUT2D eigenvalue weighted by Gasteiger charge is 2.48. The average Bonchev–Trinajstić information content (AvgIpc) is 3.29. The van der Waals surface area contributed by atoms with Crippen LogP contribution in [0.1, 0.15) is 38.2 Å². The van der Waals surface area contributed by atoms with Gasteiger partial charge in [0, 0.05) is 12.1 Å². The van der Waals surface area contributed by atoms with Crippen LogP contribution >= 0.6 is 11.3 Å². The van der Waals surface area contributed by atoms with Crippen molar-refractivity contribution in [3.63, 3.8) is 0 Å². The molecule has 7 nitrogen and oxygen atoms in total. The van der Waals surface area contributed by atoms with E-state index in [1.54, 1.807) is 0 Å². The summed E-state index contributed by atoms with van der Waals surface area (Å²) in [4.78, 5) is 40.9. The number of amides is 3. The van der Waals surface area contributed by atoms with Gasteiger partial charge in [-0.1, -0.05) is 54.0 Å². The molecule has 1 aromatic carbocycles. The first kappa shape index (κ1) is 19.7. The number of carbonyl (C=O) groups is 3. The van der Waals surface area contributed by atoms with E-state index < -0.39 is 0 Å². The minimum absolute atomic E-state index is 0.193. The van der Waals surface area contributed by atoms with Crippen LogP contribution in [0.15, 0.2) is 24.3 Å². The van der Waals surface area contributed by atoms with Crippen LogP contribution in [0.2, 0.25) is 0 Å². The van der Waals surface area contributed by atoms with Gasteiger partial charge >= 0.3 is 0 Å². The standard InChI is InChI=1S/C21H24N4O3S/c1-3-24(21-23-22-18(29-21)14-10-8-13(2)9-11-14)17(26)12-25-19(27)15-6-4-5-7-16(15)20(25)28/h8-11,15-16H,3-7,12H2,1-2H3/t15-,16-/m1/s1. The zero-order valence-electron chi connectivity index (χ0n) is 16.6. The first-order valence-electron chi connectivity index (χ1n) is 10.1. The Labute approximate surface area is 173 Å². The number of imide groups is 1. The molecule has 4 rings (SSSR count). The number of likely N-dealkylation sites (tertiary alicyclic amines) is 1. The summed E-state index contributed by atoms with van der Waals surface area (Å²) in [6.45, 7) is 4.03. The number of hydrogen-bond acceptors (Lipinski definition) is 6. The fraction of sp³-hybridized carbons (Fsp3) is 0.476. The molecule has 0 spiro atoms. The van der Waals surface area contributed by atoms with E-state index in [9.17, 15) is 14.4 Å². The van der Waals surface area contributed by atoms with E-state index in [0.29, 0.717) is 11.7 Å². The van der Waals surface area contributed by atoms with Gasteiger partial charge in [-0.3, -0.25) is 24.2 Å². The highest BCUT2D eigenvalue weighted by Crippen LogP contribution is 2.38. The number of aryl methyl sites for hydroxylation is 1. The Bertz CT molecular complexity index is 916. The number of benzene rings is 1. The maximum absolute atomic E-state index is 12.9. The predicted molar refractivity (Wildman–Crippen MR) is 110 cm³/mol. The molecule has 1 saturated heterocycles. The summed E-state index contributed by atoms with van der Waals surface area (Å²) < 4.78 is 0. The largest absolute Gasteiger partial charge is 0.285 e. The number of anilines is 1. The molecule has 152 valence electrons. The fourth-order valence-electron chi connectivity index (χ4n) is 4.16. The van der Waals surface area contributed by atoms with Crippen molar-refractivity contribution in [3.05, 3.63) is 29.8 Å². The molecule has 1 aliphatic heterocycles. The Morgan fingerprint density at radius 1 is 1.10 bits per heavy atom. The summed E-state index contributed by atoms with van der Waals surface area (Å²) in [5.41, 5.74) is 2.10. The molecule has 2 heterocycles. The molecular formula is C21H24N4O3S. The molecular weight excluding hydrogens is 388 g/mol. The SMILES string of the molecule is CCN(C(=O)CN1C(=O)[C@@H]2CCCC[C@H]2C1=O)c1nnc(-c2ccc(C)cc2)s1. The third kappa shape index (κ3) is 3.69. The van der Waals surface area contributed by atoms with E-state index in [1.807, 2.05) is 38.1 Å². The van der Waals surface area contributed by atoms with Crippen LogP contribution in [0.3, 0.4) is 0 Å². The van der Waals surface area contributed by atoms with Crippen molar-refractivity contribution in [2.24, 2.45) is 11.8 Å². The summed E-state index contributed by atoms with van der Waals surface area (Å²) >= 11 is 1.33. The number of carbonyl (C=O) groups excluding carboxylic acids is 3. The van der Waals surface area contributed by atoms with Gasteiger partial charge in [0.2, 0.25) is 22.9 Å². The Hall–Kier alpha value is -2.61. The number of fused-ring (bicyclic) bond motifs is 1. The smallest absolute Gasteiger partial charge is 0.248 e. The van der Waals surface area contributed by atoms with E-state index >= 15 is 0 Å². The van der Waals surface area contributed by atoms with Crippen LogP contribution in [0, 0.1) is 18.8 Å². The highest BCUT2D eigenvalue weighted by atomic mass is 32.1. The minimum Gasteiger partial charge on any atom is -0.285 e. The van der Waals surface area contributed by atoms with Crippen LogP contribution in [-0.4, -0.2) is 45.9 Å². The molecule has 2 atom stereocenters. The van der Waals surface area contributed by atoms with E-state index in [-0.39, 0.29) is 36.1 Å². The maximum atomic E-state index is 12.9. The highest BCUT2D eigenvalue weighted by molar-refractivity contribution is 7.18. The van der Waals surface area contributed by atoms with Crippen LogP contribution in [0.25, 0.3) is 10.6 Å². The van der Waals surface area contributed by atoms with Gasteiger partial charge in [-0.05, 0) is 26.7 Å². The van der Waals surface area contributed by atoms with Crippen LogP contribution in [0.5, 0.6) is 0 Å². The van der Waals surface area contributed by atoms with E-state index in [0.717, 1.165) is 46.7 Å². The van der Waals surface area contributed by atoms with Gasteiger partial charge in [-0.2, -0.15) is 0 Å².